The van der Waals surface area contributed by atoms with E-state index in [0.29, 0.717) is 6.54 Å². The van der Waals surface area contributed by atoms with Gasteiger partial charge in [-0.3, -0.25) is 4.68 Å². The number of halogens is 1. The normalized spacial score (nSPS) is 17.2. The summed E-state index contributed by atoms with van der Waals surface area (Å²) in [5, 5.41) is 4.74. The molecule has 0 aromatic carbocycles. The summed E-state index contributed by atoms with van der Waals surface area (Å²) in [4.78, 5) is 0. The van der Waals surface area contributed by atoms with Crippen LogP contribution in [0.2, 0.25) is 18.1 Å². The molecule has 0 radical (unpaired) electrons. The Morgan fingerprint density at radius 1 is 1.27 bits per heavy atom. The highest BCUT2D eigenvalue weighted by Gasteiger charge is 2.38. The maximum Gasteiger partial charge on any atom is 0.192 e. The summed E-state index contributed by atoms with van der Waals surface area (Å²) in [5.74, 6) is 0. The van der Waals surface area contributed by atoms with Crippen LogP contribution >= 0.6 is 15.9 Å². The van der Waals surface area contributed by atoms with Gasteiger partial charge in [-0.1, -0.05) is 20.8 Å². The van der Waals surface area contributed by atoms with Gasteiger partial charge in [0.25, 0.3) is 0 Å². The molecule has 26 heavy (non-hydrogen) atoms. The molecule has 1 heterocycles. The molecule has 1 aromatic rings. The van der Waals surface area contributed by atoms with E-state index >= 15 is 0 Å². The van der Waals surface area contributed by atoms with Crippen molar-refractivity contribution in [1.29, 1.82) is 0 Å². The first kappa shape index (κ1) is 24.2. The zero-order chi connectivity index (χ0) is 20.5. The van der Waals surface area contributed by atoms with Crippen molar-refractivity contribution < 1.29 is 8.98 Å². The summed E-state index contributed by atoms with van der Waals surface area (Å²) >= 11 is 2.33. The van der Waals surface area contributed by atoms with Crippen molar-refractivity contribution in [1.82, 2.24) is 14.5 Å². The van der Waals surface area contributed by atoms with E-state index in [2.05, 4.69) is 66.5 Å². The number of aromatic nitrogens is 2. The monoisotopic (exact) mass is 465 g/mol. The molecule has 0 aliphatic heterocycles. The van der Waals surface area contributed by atoms with Crippen LogP contribution in [0.3, 0.4) is 0 Å². The predicted molar refractivity (Wildman–Crippen MR) is 117 cm³/mol. The molecule has 0 aliphatic carbocycles. The van der Waals surface area contributed by atoms with Crippen LogP contribution in [0.4, 0.5) is 0 Å². The topological polar surface area (TPSA) is 62.1 Å². The Balaban J connectivity index is 2.89. The standard InChI is InChI=1S/C18H36BrN3O2SSi/c1-13(24-26(9,10)18(6,7)8)12-22-15(11-16(19)20-22)14(2)21-25(23)17(3,4)5/h11,13-14,21H,12H2,1-10H3/t13-,14-,25+/m0/s1. The smallest absolute Gasteiger partial charge is 0.192 e. The van der Waals surface area contributed by atoms with Crippen molar-refractivity contribution in [3.8, 4) is 0 Å². The number of nitrogens with one attached hydrogen (secondary N) is 1. The Hall–Kier alpha value is 0.137. The quantitative estimate of drug-likeness (QED) is 0.445. The van der Waals surface area contributed by atoms with Crippen LogP contribution in [0.25, 0.3) is 0 Å². The van der Waals surface area contributed by atoms with Gasteiger partial charge in [-0.2, -0.15) is 5.10 Å². The van der Waals surface area contributed by atoms with E-state index in [-0.39, 0.29) is 21.9 Å². The molecule has 0 spiro atoms. The SMILES string of the molecule is C[C@H](N[S@+]([O-])C(C)(C)C)c1cc(Br)nn1C[C@H](C)O[Si](C)(C)C(C)(C)C. The van der Waals surface area contributed by atoms with Gasteiger partial charge in [0.15, 0.2) is 8.32 Å². The minimum absolute atomic E-state index is 0.0572. The minimum Gasteiger partial charge on any atom is -0.598 e. The van der Waals surface area contributed by atoms with Crippen LogP contribution in [0.15, 0.2) is 10.7 Å². The van der Waals surface area contributed by atoms with Crippen molar-refractivity contribution >= 4 is 35.6 Å². The Morgan fingerprint density at radius 3 is 2.27 bits per heavy atom. The van der Waals surface area contributed by atoms with E-state index in [1.165, 1.54) is 0 Å². The molecular formula is C18H36BrN3O2SSi. The first-order valence-electron chi connectivity index (χ1n) is 9.13. The van der Waals surface area contributed by atoms with Gasteiger partial charge < -0.3 is 8.98 Å². The van der Waals surface area contributed by atoms with E-state index in [1.54, 1.807) is 0 Å². The molecule has 0 unspecified atom stereocenters. The second-order valence-corrected chi connectivity index (χ2v) is 17.1. The van der Waals surface area contributed by atoms with Gasteiger partial charge in [0.1, 0.15) is 9.35 Å². The lowest BCUT2D eigenvalue weighted by Crippen LogP contribution is -2.44. The maximum absolute atomic E-state index is 12.4. The number of rotatable bonds is 7. The molecule has 1 N–H and O–H groups in total. The van der Waals surface area contributed by atoms with Crippen molar-refractivity contribution in [2.24, 2.45) is 0 Å². The first-order valence-corrected chi connectivity index (χ1v) is 14.0. The minimum atomic E-state index is -1.83. The third-order valence-corrected chi connectivity index (χ3v) is 11.5. The highest BCUT2D eigenvalue weighted by molar-refractivity contribution is 9.10. The zero-order valence-corrected chi connectivity index (χ0v) is 21.3. The molecule has 8 heteroatoms. The molecule has 0 fully saturated rings. The molecule has 5 nitrogen and oxygen atoms in total. The summed E-state index contributed by atoms with van der Waals surface area (Å²) in [7, 11) is -1.83. The Morgan fingerprint density at radius 2 is 1.81 bits per heavy atom. The lowest BCUT2D eigenvalue weighted by atomic mass is 10.2. The molecule has 0 bridgehead atoms. The molecule has 152 valence electrons. The summed E-state index contributed by atoms with van der Waals surface area (Å²) in [5.41, 5.74) is 1.00. The van der Waals surface area contributed by atoms with Crippen LogP contribution in [0.1, 0.15) is 67.1 Å². The average Bonchev–Trinajstić information content (AvgIpc) is 2.76. The second-order valence-electron chi connectivity index (χ2n) is 9.48. The van der Waals surface area contributed by atoms with Crippen LogP contribution in [-0.4, -0.2) is 33.5 Å². The maximum atomic E-state index is 12.4. The summed E-state index contributed by atoms with van der Waals surface area (Å²) < 4.78 is 24.5. The van der Waals surface area contributed by atoms with E-state index in [9.17, 15) is 4.55 Å². The lowest BCUT2D eigenvalue weighted by Gasteiger charge is -2.38. The predicted octanol–water partition coefficient (Wildman–Crippen LogP) is 5.17. The molecule has 0 saturated heterocycles. The van der Waals surface area contributed by atoms with Gasteiger partial charge in [0, 0.05) is 11.4 Å². The van der Waals surface area contributed by atoms with Gasteiger partial charge in [0.05, 0.1) is 24.4 Å². The molecule has 0 aliphatic rings. The molecule has 0 amide bonds. The number of hydrogen-bond donors (Lipinski definition) is 1. The zero-order valence-electron chi connectivity index (χ0n) is 17.9. The molecule has 1 aromatic heterocycles. The van der Waals surface area contributed by atoms with Crippen LogP contribution in [0.5, 0.6) is 0 Å². The van der Waals surface area contributed by atoms with E-state index in [1.807, 2.05) is 38.4 Å². The summed E-state index contributed by atoms with van der Waals surface area (Å²) in [6.07, 6.45) is 0.0572. The summed E-state index contributed by atoms with van der Waals surface area (Å²) in [6, 6.07) is 1.91. The van der Waals surface area contributed by atoms with E-state index in [0.717, 1.165) is 10.3 Å². The number of hydrogen-bond acceptors (Lipinski definition) is 4. The van der Waals surface area contributed by atoms with Crippen LogP contribution < -0.4 is 4.72 Å². The van der Waals surface area contributed by atoms with E-state index < -0.39 is 19.7 Å². The first-order chi connectivity index (χ1) is 11.5. The average molecular weight is 467 g/mol. The lowest BCUT2D eigenvalue weighted by molar-refractivity contribution is 0.172. The fraction of sp³-hybridized carbons (Fsp3) is 0.833. The number of nitrogens with zero attached hydrogens (tertiary/aromatic N) is 2. The Bertz CT molecular complexity index is 596. The van der Waals surface area contributed by atoms with Gasteiger partial charge in [0.2, 0.25) is 0 Å². The molecule has 3 atom stereocenters. The van der Waals surface area contributed by atoms with Gasteiger partial charge in [-0.05, 0) is 74.7 Å². The molecular weight excluding hydrogens is 430 g/mol. The molecule has 0 saturated carbocycles. The second kappa shape index (κ2) is 8.65. The fourth-order valence-electron chi connectivity index (χ4n) is 2.25. The van der Waals surface area contributed by atoms with Crippen molar-refractivity contribution in [2.45, 2.75) is 97.0 Å². The Kier molecular flexibility index (Phi) is 8.05. The molecule has 1 rings (SSSR count). The van der Waals surface area contributed by atoms with Crippen LogP contribution in [-0.2, 0) is 22.3 Å². The van der Waals surface area contributed by atoms with Crippen molar-refractivity contribution in [3.63, 3.8) is 0 Å². The van der Waals surface area contributed by atoms with Gasteiger partial charge in [-0.15, -0.1) is 4.72 Å². The van der Waals surface area contributed by atoms with Crippen molar-refractivity contribution in [2.75, 3.05) is 0 Å². The highest BCUT2D eigenvalue weighted by Crippen LogP contribution is 2.37. The van der Waals surface area contributed by atoms with Gasteiger partial charge >= 0.3 is 0 Å². The van der Waals surface area contributed by atoms with Crippen molar-refractivity contribution in [3.05, 3.63) is 16.4 Å². The summed E-state index contributed by atoms with van der Waals surface area (Å²) in [6.45, 7) is 21.9. The van der Waals surface area contributed by atoms with E-state index in [4.69, 9.17) is 4.43 Å². The van der Waals surface area contributed by atoms with Crippen LogP contribution in [0, 0.1) is 0 Å². The van der Waals surface area contributed by atoms with Gasteiger partial charge in [-0.25, -0.2) is 0 Å². The third-order valence-electron chi connectivity index (χ3n) is 4.80. The fourth-order valence-corrected chi connectivity index (χ4v) is 4.91. The highest BCUT2D eigenvalue weighted by atomic mass is 79.9. The largest absolute Gasteiger partial charge is 0.598 e. The Labute approximate surface area is 172 Å². The third kappa shape index (κ3) is 6.63.